The number of ether oxygens (including phenoxy) is 1. The fourth-order valence-electron chi connectivity index (χ4n) is 4.01. The quantitative estimate of drug-likeness (QED) is 0.288. The van der Waals surface area contributed by atoms with Crippen LogP contribution in [-0.4, -0.2) is 32.4 Å². The Bertz CT molecular complexity index is 1400. The molecule has 0 unspecified atom stereocenters. The van der Waals surface area contributed by atoms with Crippen LogP contribution >= 0.6 is 11.6 Å². The monoisotopic (exact) mass is 553 g/mol. The third kappa shape index (κ3) is 8.17. The van der Waals surface area contributed by atoms with Crippen molar-refractivity contribution < 1.29 is 18.8 Å². The second-order valence-electron chi connectivity index (χ2n) is 12.1. The van der Waals surface area contributed by atoms with E-state index in [1.165, 1.54) is 0 Å². The van der Waals surface area contributed by atoms with Crippen molar-refractivity contribution in [2.24, 2.45) is 5.41 Å². The largest absolute Gasteiger partial charge is 0.444 e. The van der Waals surface area contributed by atoms with Crippen LogP contribution in [0.1, 0.15) is 78.4 Å². The molecule has 0 spiro atoms. The Hall–Kier alpha value is -3.64. The van der Waals surface area contributed by atoms with Gasteiger partial charge < -0.3 is 9.26 Å². The number of benzene rings is 1. The molecule has 2 heterocycles. The lowest BCUT2D eigenvalue weighted by molar-refractivity contribution is -0.118. The number of anilines is 1. The van der Waals surface area contributed by atoms with E-state index in [0.29, 0.717) is 22.0 Å². The molecule has 1 amide bonds. The maximum Gasteiger partial charge on any atom is 0.412 e. The number of nitrogens with zero attached hydrogens (tertiary/aromatic N) is 4. The summed E-state index contributed by atoms with van der Waals surface area (Å²) in [6.07, 6.45) is 0.377. The Morgan fingerprint density at radius 3 is 2.41 bits per heavy atom. The highest BCUT2D eigenvalue weighted by atomic mass is 35.5. The van der Waals surface area contributed by atoms with E-state index in [-0.39, 0.29) is 41.6 Å². The molecule has 0 aliphatic carbocycles. The van der Waals surface area contributed by atoms with Gasteiger partial charge in [0, 0.05) is 29.1 Å². The highest BCUT2D eigenvalue weighted by Gasteiger charge is 2.26. The highest BCUT2D eigenvalue weighted by molar-refractivity contribution is 6.33. The van der Waals surface area contributed by atoms with Gasteiger partial charge in [-0.3, -0.25) is 14.8 Å². The van der Waals surface area contributed by atoms with Gasteiger partial charge in [0.15, 0.2) is 0 Å². The van der Waals surface area contributed by atoms with Gasteiger partial charge >= 0.3 is 6.09 Å². The number of hydrogen-bond acceptors (Lipinski definition) is 6. The Labute approximate surface area is 234 Å². The summed E-state index contributed by atoms with van der Waals surface area (Å²) >= 11 is 6.63. The maximum absolute atomic E-state index is 12.7. The summed E-state index contributed by atoms with van der Waals surface area (Å²) in [7, 11) is 0. The first-order chi connectivity index (χ1) is 18.1. The van der Waals surface area contributed by atoms with Gasteiger partial charge in [0.25, 0.3) is 5.69 Å². The van der Waals surface area contributed by atoms with Crippen molar-refractivity contribution in [1.82, 2.24) is 14.9 Å². The molecule has 1 aromatic carbocycles. The average molecular weight is 554 g/mol. The summed E-state index contributed by atoms with van der Waals surface area (Å²) in [4.78, 5) is 28.9. The molecule has 3 aromatic rings. The van der Waals surface area contributed by atoms with Crippen molar-refractivity contribution in [1.29, 1.82) is 0 Å². The van der Waals surface area contributed by atoms with Crippen molar-refractivity contribution in [2.75, 3.05) is 5.32 Å². The number of ketones is 1. The molecule has 2 aromatic heterocycles. The Morgan fingerprint density at radius 2 is 1.85 bits per heavy atom. The van der Waals surface area contributed by atoms with E-state index in [0.717, 1.165) is 17.7 Å². The topological polar surface area (TPSA) is 104 Å². The van der Waals surface area contributed by atoms with Gasteiger partial charge in [-0.15, -0.1) is 0 Å². The maximum atomic E-state index is 12.7. The summed E-state index contributed by atoms with van der Waals surface area (Å²) in [6, 6.07) is 6.90. The normalized spacial score (nSPS) is 11.9. The standard InChI is InChI=1S/C29H36ClN5O4/c1-17(2)35-26(32-27(37)38-29(6,7)8)25(31-9)24(33-35)22-11-10-18(13-23(22)30)12-20(36)15-21-14-19(34-39-21)16-28(3,4)5/h10-11,13-14,17H,12,15-16H2,1-8H3,(H,32,37). The second-order valence-corrected chi connectivity index (χ2v) is 12.5. The van der Waals surface area contributed by atoms with Crippen LogP contribution in [0.25, 0.3) is 16.1 Å². The minimum atomic E-state index is -0.702. The molecular formula is C29H36ClN5O4. The predicted octanol–water partition coefficient (Wildman–Crippen LogP) is 7.61. The summed E-state index contributed by atoms with van der Waals surface area (Å²) in [5.74, 6) is 0.734. The molecular weight excluding hydrogens is 518 g/mol. The Kier molecular flexibility index (Phi) is 8.91. The molecule has 0 fully saturated rings. The molecule has 0 bridgehead atoms. The Morgan fingerprint density at radius 1 is 1.15 bits per heavy atom. The fraction of sp³-hybridized carbons (Fsp3) is 0.483. The fourth-order valence-corrected chi connectivity index (χ4v) is 4.31. The number of hydrogen-bond donors (Lipinski definition) is 1. The number of carbonyl (C=O) groups excluding carboxylic acids is 2. The van der Waals surface area contributed by atoms with E-state index in [4.69, 9.17) is 27.4 Å². The lowest BCUT2D eigenvalue weighted by Crippen LogP contribution is -2.28. The van der Waals surface area contributed by atoms with Crippen molar-refractivity contribution >= 4 is 35.0 Å². The molecule has 208 valence electrons. The molecule has 1 N–H and O–H groups in total. The van der Waals surface area contributed by atoms with Gasteiger partial charge in [0.2, 0.25) is 0 Å². The Balaban J connectivity index is 1.81. The summed E-state index contributed by atoms with van der Waals surface area (Å²) in [5, 5.41) is 11.7. The smallest absolute Gasteiger partial charge is 0.412 e. The van der Waals surface area contributed by atoms with Gasteiger partial charge in [0.05, 0.1) is 18.7 Å². The molecule has 0 saturated heterocycles. The molecule has 3 rings (SSSR count). The number of carbonyl (C=O) groups is 2. The minimum absolute atomic E-state index is 0.0351. The van der Waals surface area contributed by atoms with E-state index < -0.39 is 11.7 Å². The van der Waals surface area contributed by atoms with Crippen LogP contribution in [0.2, 0.25) is 5.02 Å². The first-order valence-electron chi connectivity index (χ1n) is 12.8. The van der Waals surface area contributed by atoms with Crippen molar-refractivity contribution in [3.63, 3.8) is 0 Å². The van der Waals surface area contributed by atoms with Crippen LogP contribution in [0.4, 0.5) is 16.3 Å². The zero-order chi connectivity index (χ0) is 29.1. The van der Waals surface area contributed by atoms with Crippen LogP contribution in [0.15, 0.2) is 28.8 Å². The molecule has 0 atom stereocenters. The zero-order valence-electron chi connectivity index (χ0n) is 23.8. The number of rotatable bonds is 8. The molecule has 9 nitrogen and oxygen atoms in total. The van der Waals surface area contributed by atoms with Crippen LogP contribution in [0.5, 0.6) is 0 Å². The third-order valence-electron chi connectivity index (χ3n) is 5.49. The second kappa shape index (κ2) is 11.6. The number of aromatic nitrogens is 3. The van der Waals surface area contributed by atoms with Crippen LogP contribution in [-0.2, 0) is 28.8 Å². The lowest BCUT2D eigenvalue weighted by atomic mass is 9.90. The minimum Gasteiger partial charge on any atom is -0.444 e. The number of amides is 1. The van der Waals surface area contributed by atoms with Crippen LogP contribution < -0.4 is 5.32 Å². The zero-order valence-corrected chi connectivity index (χ0v) is 24.6. The van der Waals surface area contributed by atoms with Gasteiger partial charge in [-0.25, -0.2) is 9.64 Å². The van der Waals surface area contributed by atoms with Gasteiger partial charge in [0.1, 0.15) is 28.7 Å². The van der Waals surface area contributed by atoms with Gasteiger partial charge in [-0.1, -0.05) is 49.7 Å². The number of nitrogens with one attached hydrogen (secondary N) is 1. The van der Waals surface area contributed by atoms with Crippen molar-refractivity contribution in [2.45, 2.75) is 86.3 Å². The highest BCUT2D eigenvalue weighted by Crippen LogP contribution is 2.41. The third-order valence-corrected chi connectivity index (χ3v) is 5.80. The van der Waals surface area contributed by atoms with Crippen molar-refractivity contribution in [3.05, 3.63) is 57.7 Å². The number of Topliss-reactive ketones (excluding diaryl/α,β-unsaturated/α-hetero) is 1. The SMILES string of the molecule is [C-]#[N+]c1c(-c2ccc(CC(=O)Cc3cc(CC(C)(C)C)no3)cc2Cl)nn(C(C)C)c1NC(=O)OC(C)(C)C. The van der Waals surface area contributed by atoms with Crippen LogP contribution in [0, 0.1) is 12.0 Å². The number of halogens is 1. The van der Waals surface area contributed by atoms with Gasteiger partial charge in [-0.2, -0.15) is 5.10 Å². The van der Waals surface area contributed by atoms with Gasteiger partial charge in [-0.05, 0) is 58.1 Å². The van der Waals surface area contributed by atoms with E-state index in [1.54, 1.807) is 43.7 Å². The van der Waals surface area contributed by atoms with Crippen LogP contribution in [0.3, 0.4) is 0 Å². The lowest BCUT2D eigenvalue weighted by Gasteiger charge is -2.20. The molecule has 0 saturated carbocycles. The first kappa shape index (κ1) is 29.9. The molecule has 39 heavy (non-hydrogen) atoms. The first-order valence-corrected chi connectivity index (χ1v) is 13.2. The molecule has 0 aliphatic rings. The van der Waals surface area contributed by atoms with Crippen molar-refractivity contribution in [3.8, 4) is 11.3 Å². The van der Waals surface area contributed by atoms with E-state index in [1.807, 2.05) is 19.9 Å². The molecule has 0 aliphatic heterocycles. The van der Waals surface area contributed by atoms with E-state index in [9.17, 15) is 9.59 Å². The molecule has 10 heteroatoms. The van der Waals surface area contributed by atoms with E-state index >= 15 is 0 Å². The molecule has 0 radical (unpaired) electrons. The van der Waals surface area contributed by atoms with E-state index in [2.05, 4.69) is 41.2 Å². The average Bonchev–Trinajstić information content (AvgIpc) is 3.34. The predicted molar refractivity (Wildman–Crippen MR) is 151 cm³/mol. The summed E-state index contributed by atoms with van der Waals surface area (Å²) < 4.78 is 12.3. The summed E-state index contributed by atoms with van der Waals surface area (Å²) in [5.41, 5.74) is 1.93. The summed E-state index contributed by atoms with van der Waals surface area (Å²) in [6.45, 7) is 23.2.